The van der Waals surface area contributed by atoms with E-state index in [1.807, 2.05) is 91.0 Å². The summed E-state index contributed by atoms with van der Waals surface area (Å²) in [6.07, 6.45) is -2.26. The van der Waals surface area contributed by atoms with Crippen molar-refractivity contribution in [2.45, 2.75) is 87.9 Å². The first-order chi connectivity index (χ1) is 24.8. The van der Waals surface area contributed by atoms with Gasteiger partial charge in [-0.2, -0.15) is 13.2 Å². The summed E-state index contributed by atoms with van der Waals surface area (Å²) in [6.45, 7) is 1.73. The maximum Gasteiger partial charge on any atom is 0.490 e. The molecule has 5 atom stereocenters. The quantitative estimate of drug-likeness (QED) is 0.213. The number of amides is 4. The number of hydrogen-bond donors (Lipinski definition) is 5. The zero-order valence-electron chi connectivity index (χ0n) is 28.9. The standard InChI is InChI=1S/C36H43N5O4.C2HF3O2/c1-24(37-2)34(43)39-30-20-18-28(38-32(42)22-25-12-6-3-7-13-25)23-29-19-21-31(41(29)36(30)45)35(44)40-33(26-14-8-4-9-15-26)27-16-10-5-11-17-27;3-2(4,5)1(6)7/h3-17,24,28-31,33,37H,18-23H2,1-2H3,(H,38,42)(H,39,43)(H,40,44);(H,6,7)/t24-,28+,29+,30-,31-;/m0./s1. The van der Waals surface area contributed by atoms with E-state index in [0.717, 1.165) is 16.7 Å². The lowest BCUT2D eigenvalue weighted by Crippen LogP contribution is -2.59. The topological polar surface area (TPSA) is 157 Å². The molecule has 2 heterocycles. The number of carboxylic acids is 1. The van der Waals surface area contributed by atoms with Gasteiger partial charge in [0.15, 0.2) is 0 Å². The summed E-state index contributed by atoms with van der Waals surface area (Å²) in [5.41, 5.74) is 2.81. The van der Waals surface area contributed by atoms with Crippen molar-refractivity contribution in [1.29, 1.82) is 0 Å². The van der Waals surface area contributed by atoms with Crippen LogP contribution in [0.4, 0.5) is 13.2 Å². The van der Waals surface area contributed by atoms with Crippen LogP contribution in [0.5, 0.6) is 0 Å². The molecule has 2 saturated heterocycles. The van der Waals surface area contributed by atoms with Crippen molar-refractivity contribution in [3.63, 3.8) is 0 Å². The molecule has 14 heteroatoms. The SMILES string of the molecule is CN[C@@H](C)C(=O)N[C@H]1CC[C@@H](NC(=O)Cc2ccccc2)C[C@H]2CC[C@@H](C(=O)NC(c3ccccc3)c3ccccc3)N2C1=O.O=C(O)C(F)(F)F. The second kappa shape index (κ2) is 18.3. The Labute approximate surface area is 300 Å². The number of carbonyl (C=O) groups excluding carboxylic acids is 4. The lowest BCUT2D eigenvalue weighted by Gasteiger charge is -2.38. The number of likely N-dealkylation sites (N-methyl/N-ethyl adjacent to an activating group) is 1. The molecule has 0 aliphatic carbocycles. The molecule has 0 aromatic heterocycles. The molecule has 3 aromatic rings. The van der Waals surface area contributed by atoms with E-state index < -0.39 is 30.3 Å². The third-order valence-corrected chi connectivity index (χ3v) is 9.23. The Morgan fingerprint density at radius 2 is 1.37 bits per heavy atom. The van der Waals surface area contributed by atoms with Crippen LogP contribution < -0.4 is 21.3 Å². The number of alkyl halides is 3. The fourth-order valence-corrected chi connectivity index (χ4v) is 6.46. The molecule has 4 amide bonds. The van der Waals surface area contributed by atoms with Crippen molar-refractivity contribution in [2.75, 3.05) is 7.05 Å². The van der Waals surface area contributed by atoms with E-state index in [1.165, 1.54) is 0 Å². The maximum absolute atomic E-state index is 14.2. The monoisotopic (exact) mass is 723 g/mol. The summed E-state index contributed by atoms with van der Waals surface area (Å²) in [5, 5.41) is 19.4. The predicted octanol–water partition coefficient (Wildman–Crippen LogP) is 3.89. The molecule has 5 N–H and O–H groups in total. The molecule has 2 fully saturated rings. The van der Waals surface area contributed by atoms with Crippen LogP contribution in [0.3, 0.4) is 0 Å². The maximum atomic E-state index is 14.2. The molecule has 0 radical (unpaired) electrons. The molecule has 278 valence electrons. The van der Waals surface area contributed by atoms with Crippen LogP contribution in [0.25, 0.3) is 0 Å². The summed E-state index contributed by atoms with van der Waals surface area (Å²) >= 11 is 0. The lowest BCUT2D eigenvalue weighted by atomic mass is 9.94. The summed E-state index contributed by atoms with van der Waals surface area (Å²) in [5.74, 6) is -3.62. The molecule has 0 unspecified atom stereocenters. The van der Waals surface area contributed by atoms with Crippen molar-refractivity contribution in [1.82, 2.24) is 26.2 Å². The number of aliphatic carboxylic acids is 1. The molecule has 5 rings (SSSR count). The van der Waals surface area contributed by atoms with Crippen molar-refractivity contribution >= 4 is 29.6 Å². The number of rotatable bonds is 10. The smallest absolute Gasteiger partial charge is 0.475 e. The zero-order valence-corrected chi connectivity index (χ0v) is 28.9. The van der Waals surface area contributed by atoms with Crippen LogP contribution in [0.15, 0.2) is 91.0 Å². The summed E-state index contributed by atoms with van der Waals surface area (Å²) in [6, 6.07) is 26.3. The van der Waals surface area contributed by atoms with Crippen LogP contribution in [0.1, 0.15) is 61.8 Å². The van der Waals surface area contributed by atoms with E-state index in [9.17, 15) is 32.3 Å². The second-order valence-corrected chi connectivity index (χ2v) is 12.9. The Bertz CT molecular complexity index is 1620. The zero-order chi connectivity index (χ0) is 37.8. The molecular formula is C38H44F3N5O6. The average molecular weight is 724 g/mol. The Morgan fingerprint density at radius 3 is 1.88 bits per heavy atom. The molecule has 52 heavy (non-hydrogen) atoms. The highest BCUT2D eigenvalue weighted by Gasteiger charge is 2.46. The van der Waals surface area contributed by atoms with Crippen LogP contribution in [0.2, 0.25) is 0 Å². The number of benzene rings is 3. The van der Waals surface area contributed by atoms with Gasteiger partial charge < -0.3 is 31.3 Å². The fourth-order valence-electron chi connectivity index (χ4n) is 6.46. The van der Waals surface area contributed by atoms with Gasteiger partial charge in [0.2, 0.25) is 23.6 Å². The van der Waals surface area contributed by atoms with Crippen molar-refractivity contribution < 1.29 is 42.3 Å². The van der Waals surface area contributed by atoms with Crippen LogP contribution in [0, 0.1) is 0 Å². The van der Waals surface area contributed by atoms with Gasteiger partial charge in [0.1, 0.15) is 12.1 Å². The highest BCUT2D eigenvalue weighted by molar-refractivity contribution is 5.94. The van der Waals surface area contributed by atoms with E-state index in [1.54, 1.807) is 18.9 Å². The van der Waals surface area contributed by atoms with Crippen molar-refractivity contribution in [2.24, 2.45) is 0 Å². The number of halogens is 3. The van der Waals surface area contributed by atoms with Gasteiger partial charge in [-0.05, 0) is 62.8 Å². The predicted molar refractivity (Wildman–Crippen MR) is 187 cm³/mol. The lowest BCUT2D eigenvalue weighted by molar-refractivity contribution is -0.192. The minimum absolute atomic E-state index is 0.0881. The second-order valence-electron chi connectivity index (χ2n) is 12.9. The molecule has 11 nitrogen and oxygen atoms in total. The summed E-state index contributed by atoms with van der Waals surface area (Å²) in [4.78, 5) is 64.8. The first kappa shape index (κ1) is 39.5. The number of nitrogens with one attached hydrogen (secondary N) is 4. The first-order valence-electron chi connectivity index (χ1n) is 17.1. The van der Waals surface area contributed by atoms with E-state index in [2.05, 4.69) is 21.3 Å². The molecule has 0 bridgehead atoms. The molecule has 3 aromatic carbocycles. The van der Waals surface area contributed by atoms with Gasteiger partial charge in [-0.15, -0.1) is 0 Å². The molecule has 0 saturated carbocycles. The normalized spacial score (nSPS) is 20.7. The fraction of sp³-hybridized carbons (Fsp3) is 0.395. The van der Waals surface area contributed by atoms with E-state index >= 15 is 0 Å². The van der Waals surface area contributed by atoms with Gasteiger partial charge in [-0.25, -0.2) is 4.79 Å². The first-order valence-corrected chi connectivity index (χ1v) is 17.1. The highest BCUT2D eigenvalue weighted by Crippen LogP contribution is 2.33. The Hall–Kier alpha value is -5.24. The summed E-state index contributed by atoms with van der Waals surface area (Å²) in [7, 11) is 1.69. The molecular weight excluding hydrogens is 679 g/mol. The van der Waals surface area contributed by atoms with E-state index in [-0.39, 0.29) is 48.2 Å². The minimum atomic E-state index is -5.08. The van der Waals surface area contributed by atoms with Gasteiger partial charge in [0.05, 0.1) is 18.5 Å². The third kappa shape index (κ3) is 10.9. The van der Waals surface area contributed by atoms with Crippen LogP contribution in [-0.2, 0) is 30.4 Å². The number of carbonyl (C=O) groups is 5. The average Bonchev–Trinajstić information content (AvgIpc) is 3.54. The van der Waals surface area contributed by atoms with Gasteiger partial charge in [0, 0.05) is 12.1 Å². The third-order valence-electron chi connectivity index (χ3n) is 9.23. The largest absolute Gasteiger partial charge is 0.490 e. The van der Waals surface area contributed by atoms with Crippen molar-refractivity contribution in [3.05, 3.63) is 108 Å². The van der Waals surface area contributed by atoms with Crippen molar-refractivity contribution in [3.8, 4) is 0 Å². The van der Waals surface area contributed by atoms with E-state index in [4.69, 9.17) is 9.90 Å². The molecule has 2 aliphatic rings. The number of hydrogen-bond acceptors (Lipinski definition) is 6. The minimum Gasteiger partial charge on any atom is -0.475 e. The molecule has 0 spiro atoms. The van der Waals surface area contributed by atoms with Gasteiger partial charge in [0.25, 0.3) is 0 Å². The van der Waals surface area contributed by atoms with Crippen LogP contribution >= 0.6 is 0 Å². The Kier molecular flexibility index (Phi) is 13.9. The summed E-state index contributed by atoms with van der Waals surface area (Å²) < 4.78 is 31.7. The number of carboxylic acid groups (broad SMARTS) is 1. The highest BCUT2D eigenvalue weighted by atomic mass is 19.4. The van der Waals surface area contributed by atoms with E-state index in [0.29, 0.717) is 32.1 Å². The molecule has 2 aliphatic heterocycles. The number of nitrogens with zero attached hydrogens (tertiary/aromatic N) is 1. The van der Waals surface area contributed by atoms with Gasteiger partial charge in [-0.1, -0.05) is 91.0 Å². The van der Waals surface area contributed by atoms with Gasteiger partial charge in [-0.3, -0.25) is 19.2 Å². The van der Waals surface area contributed by atoms with Gasteiger partial charge >= 0.3 is 12.1 Å². The van der Waals surface area contributed by atoms with Crippen LogP contribution in [-0.4, -0.2) is 83.0 Å². The Balaban J connectivity index is 0.000000785. The number of fused-ring (bicyclic) bond motifs is 1. The Morgan fingerprint density at radius 1 is 0.827 bits per heavy atom.